The van der Waals surface area contributed by atoms with E-state index in [4.69, 9.17) is 0 Å². The molecule has 0 atom stereocenters. The third-order valence-electron chi connectivity index (χ3n) is 1.99. The molecule has 0 rings (SSSR count). The lowest BCUT2D eigenvalue weighted by Gasteiger charge is -2.08. The van der Waals surface area contributed by atoms with E-state index >= 15 is 0 Å². The van der Waals surface area contributed by atoms with Crippen molar-refractivity contribution in [1.82, 2.24) is 0 Å². The van der Waals surface area contributed by atoms with Crippen LogP contribution in [0.5, 0.6) is 0 Å². The summed E-state index contributed by atoms with van der Waals surface area (Å²) < 4.78 is 0. The van der Waals surface area contributed by atoms with Crippen LogP contribution in [0.2, 0.25) is 0 Å². The average molecular weight is 164 g/mol. The topological polar surface area (TPSA) is 0 Å². The smallest absolute Gasteiger partial charge is 0.00707 e. The Bertz CT molecular complexity index is 190. The Hall–Kier alpha value is -0.780. The van der Waals surface area contributed by atoms with Crippen LogP contribution in [0.15, 0.2) is 36.0 Å². The zero-order valence-corrected chi connectivity index (χ0v) is 8.61. The van der Waals surface area contributed by atoms with Gasteiger partial charge in [-0.15, -0.1) is 0 Å². The molecule has 0 aromatic rings. The average Bonchev–Trinajstić information content (AvgIpc) is 2.03. The molecule has 68 valence electrons. The second kappa shape index (κ2) is 5.82. The Balaban J connectivity index is 4.25. The first-order chi connectivity index (χ1) is 5.61. The standard InChI is InChI=1S/C12H20/c1-6-8-12(10(3)4)9-11(5)7-2/h7H,2,5-6,8-9H2,1,3-4H3. The molecule has 0 radical (unpaired) electrons. The molecular weight excluding hydrogens is 144 g/mol. The van der Waals surface area contributed by atoms with Crippen LogP contribution < -0.4 is 0 Å². The van der Waals surface area contributed by atoms with Crippen LogP contribution in [0.3, 0.4) is 0 Å². The zero-order chi connectivity index (χ0) is 9.56. The maximum atomic E-state index is 3.93. The van der Waals surface area contributed by atoms with E-state index in [1.165, 1.54) is 24.0 Å². The van der Waals surface area contributed by atoms with Gasteiger partial charge in [-0.3, -0.25) is 0 Å². The van der Waals surface area contributed by atoms with Crippen molar-refractivity contribution in [3.8, 4) is 0 Å². The molecule has 0 aliphatic carbocycles. The molecule has 0 heteroatoms. The Labute approximate surface area is 76.7 Å². The molecule has 0 amide bonds. The normalized spacial score (nSPS) is 9.25. The Morgan fingerprint density at radius 3 is 2.25 bits per heavy atom. The molecule has 0 aliphatic heterocycles. The minimum atomic E-state index is 1.000. The molecule has 0 N–H and O–H groups in total. The summed E-state index contributed by atoms with van der Waals surface area (Å²) in [7, 11) is 0. The van der Waals surface area contributed by atoms with Crippen molar-refractivity contribution >= 4 is 0 Å². The molecule has 0 heterocycles. The van der Waals surface area contributed by atoms with Crippen molar-refractivity contribution < 1.29 is 0 Å². The summed E-state index contributed by atoms with van der Waals surface area (Å²) in [5.41, 5.74) is 4.07. The second-order valence-corrected chi connectivity index (χ2v) is 3.39. The maximum absolute atomic E-state index is 3.93. The first kappa shape index (κ1) is 11.2. The van der Waals surface area contributed by atoms with Crippen molar-refractivity contribution in [3.63, 3.8) is 0 Å². The fourth-order valence-corrected chi connectivity index (χ4v) is 1.16. The lowest BCUT2D eigenvalue weighted by atomic mass is 9.98. The van der Waals surface area contributed by atoms with Gasteiger partial charge in [0.15, 0.2) is 0 Å². The molecule has 0 bridgehead atoms. The van der Waals surface area contributed by atoms with E-state index in [-0.39, 0.29) is 0 Å². The van der Waals surface area contributed by atoms with Gasteiger partial charge in [0.2, 0.25) is 0 Å². The first-order valence-electron chi connectivity index (χ1n) is 4.57. The summed E-state index contributed by atoms with van der Waals surface area (Å²) in [4.78, 5) is 0. The Kier molecular flexibility index (Phi) is 5.44. The van der Waals surface area contributed by atoms with Gasteiger partial charge in [-0.2, -0.15) is 0 Å². The molecule has 0 unspecified atom stereocenters. The molecular formula is C12H20. The number of hydrogen-bond acceptors (Lipinski definition) is 0. The highest BCUT2D eigenvalue weighted by Gasteiger charge is 1.99. The van der Waals surface area contributed by atoms with Crippen molar-refractivity contribution in [3.05, 3.63) is 36.0 Å². The number of hydrogen-bond donors (Lipinski definition) is 0. The molecule has 12 heavy (non-hydrogen) atoms. The first-order valence-corrected chi connectivity index (χ1v) is 4.57. The highest BCUT2D eigenvalue weighted by molar-refractivity contribution is 5.23. The van der Waals surface area contributed by atoms with Gasteiger partial charge in [0.25, 0.3) is 0 Å². The molecule has 0 saturated heterocycles. The summed E-state index contributed by atoms with van der Waals surface area (Å²) in [6.07, 6.45) is 5.25. The fraction of sp³-hybridized carbons (Fsp3) is 0.500. The minimum absolute atomic E-state index is 1.000. The van der Waals surface area contributed by atoms with Crippen LogP contribution >= 0.6 is 0 Å². The van der Waals surface area contributed by atoms with E-state index in [1.54, 1.807) is 0 Å². The molecule has 0 saturated carbocycles. The quantitative estimate of drug-likeness (QED) is 0.421. The van der Waals surface area contributed by atoms with Gasteiger partial charge in [-0.05, 0) is 26.7 Å². The van der Waals surface area contributed by atoms with Gasteiger partial charge in [0, 0.05) is 0 Å². The Morgan fingerprint density at radius 2 is 1.92 bits per heavy atom. The van der Waals surface area contributed by atoms with E-state index < -0.39 is 0 Å². The second-order valence-electron chi connectivity index (χ2n) is 3.39. The van der Waals surface area contributed by atoms with Crippen LogP contribution in [0.25, 0.3) is 0 Å². The van der Waals surface area contributed by atoms with Crippen LogP contribution in [0.1, 0.15) is 40.0 Å². The van der Waals surface area contributed by atoms with Gasteiger partial charge in [-0.1, -0.05) is 49.3 Å². The van der Waals surface area contributed by atoms with Crippen LogP contribution in [0.4, 0.5) is 0 Å². The number of rotatable bonds is 5. The highest BCUT2D eigenvalue weighted by Crippen LogP contribution is 2.19. The largest absolute Gasteiger partial charge is 0.0988 e. The molecule has 0 aromatic carbocycles. The van der Waals surface area contributed by atoms with Crippen LogP contribution in [0, 0.1) is 0 Å². The van der Waals surface area contributed by atoms with Crippen molar-refractivity contribution in [2.45, 2.75) is 40.0 Å². The van der Waals surface area contributed by atoms with Crippen molar-refractivity contribution in [2.75, 3.05) is 0 Å². The van der Waals surface area contributed by atoms with E-state index in [0.717, 1.165) is 12.0 Å². The van der Waals surface area contributed by atoms with E-state index in [0.29, 0.717) is 0 Å². The predicted octanol–water partition coefficient (Wildman–Crippen LogP) is 4.26. The molecule has 0 nitrogen and oxygen atoms in total. The van der Waals surface area contributed by atoms with Gasteiger partial charge in [0.05, 0.1) is 0 Å². The lowest BCUT2D eigenvalue weighted by molar-refractivity contribution is 0.856. The van der Waals surface area contributed by atoms with Crippen LogP contribution in [-0.4, -0.2) is 0 Å². The van der Waals surface area contributed by atoms with Gasteiger partial charge >= 0.3 is 0 Å². The molecule has 0 spiro atoms. The third-order valence-corrected chi connectivity index (χ3v) is 1.99. The summed E-state index contributed by atoms with van der Waals surface area (Å²) >= 11 is 0. The van der Waals surface area contributed by atoms with E-state index in [1.807, 2.05) is 6.08 Å². The zero-order valence-electron chi connectivity index (χ0n) is 8.61. The summed E-state index contributed by atoms with van der Waals surface area (Å²) in [6, 6.07) is 0. The fourth-order valence-electron chi connectivity index (χ4n) is 1.16. The minimum Gasteiger partial charge on any atom is -0.0988 e. The molecule has 0 fully saturated rings. The van der Waals surface area contributed by atoms with E-state index in [9.17, 15) is 0 Å². The van der Waals surface area contributed by atoms with Crippen molar-refractivity contribution in [2.24, 2.45) is 0 Å². The van der Waals surface area contributed by atoms with Crippen molar-refractivity contribution in [1.29, 1.82) is 0 Å². The summed E-state index contributed by atoms with van der Waals surface area (Å²) in [5, 5.41) is 0. The SMILES string of the molecule is C=CC(=C)CC(CCC)=C(C)C. The molecule has 0 aromatic heterocycles. The highest BCUT2D eigenvalue weighted by atomic mass is 14.0. The summed E-state index contributed by atoms with van der Waals surface area (Å²) in [6.45, 7) is 14.2. The molecule has 0 aliphatic rings. The lowest BCUT2D eigenvalue weighted by Crippen LogP contribution is -1.88. The Morgan fingerprint density at radius 1 is 1.33 bits per heavy atom. The van der Waals surface area contributed by atoms with Gasteiger partial charge < -0.3 is 0 Å². The van der Waals surface area contributed by atoms with E-state index in [2.05, 4.69) is 33.9 Å². The number of allylic oxidation sites excluding steroid dienone is 4. The van der Waals surface area contributed by atoms with Crippen LogP contribution in [-0.2, 0) is 0 Å². The monoisotopic (exact) mass is 164 g/mol. The van der Waals surface area contributed by atoms with Gasteiger partial charge in [-0.25, -0.2) is 0 Å². The van der Waals surface area contributed by atoms with Gasteiger partial charge in [0.1, 0.15) is 0 Å². The maximum Gasteiger partial charge on any atom is -0.00707 e. The summed E-state index contributed by atoms with van der Waals surface area (Å²) in [5.74, 6) is 0. The predicted molar refractivity (Wildman–Crippen MR) is 57.2 cm³/mol. The third kappa shape index (κ3) is 4.17.